The van der Waals surface area contributed by atoms with Crippen LogP contribution in [0.2, 0.25) is 0 Å². The van der Waals surface area contributed by atoms with Gasteiger partial charge in [-0.15, -0.1) is 0 Å². The summed E-state index contributed by atoms with van der Waals surface area (Å²) in [6, 6.07) is 0. The van der Waals surface area contributed by atoms with E-state index in [1.54, 1.807) is 0 Å². The molecule has 7 nitrogen and oxygen atoms in total. The van der Waals surface area contributed by atoms with Gasteiger partial charge in [-0.2, -0.15) is 0 Å². The summed E-state index contributed by atoms with van der Waals surface area (Å²) in [5.41, 5.74) is 5.35. The first-order valence-electron chi connectivity index (χ1n) is 11.9. The highest BCUT2D eigenvalue weighted by atomic mass is 16.4. The van der Waals surface area contributed by atoms with Crippen molar-refractivity contribution in [1.82, 2.24) is 10.6 Å². The summed E-state index contributed by atoms with van der Waals surface area (Å²) in [6.07, 6.45) is 19.1. The zero-order valence-electron chi connectivity index (χ0n) is 19.7. The fourth-order valence-electron chi connectivity index (χ4n) is 3.23. The molecule has 0 aromatic heterocycles. The van der Waals surface area contributed by atoms with E-state index in [4.69, 9.17) is 21.0 Å². The summed E-state index contributed by atoms with van der Waals surface area (Å²) >= 11 is 0. The standard InChI is InChI=1S/C21H44N4O.C2H4O2/c1-3-5-6-7-8-9-10-11-12-13-14-15-16-18-20(26)24-19(17-4-2)25-21(22)23;1-2(3)4/h19H,3-18H2,1-2H3,(H,24,26)(H4,22,23,25);1H3,(H,3,4). The molecule has 7 heteroatoms. The second-order valence-corrected chi connectivity index (χ2v) is 7.98. The Kier molecular flexibility index (Phi) is 23.8. The van der Waals surface area contributed by atoms with Gasteiger partial charge in [0.05, 0.1) is 0 Å². The molecule has 0 aliphatic heterocycles. The molecule has 1 atom stereocenters. The molecule has 0 aliphatic carbocycles. The average Bonchev–Trinajstić information content (AvgIpc) is 2.64. The van der Waals surface area contributed by atoms with Crippen molar-refractivity contribution in [3.05, 3.63) is 0 Å². The minimum absolute atomic E-state index is 0.0558. The molecular weight excluding hydrogens is 380 g/mol. The largest absolute Gasteiger partial charge is 0.481 e. The van der Waals surface area contributed by atoms with E-state index < -0.39 is 5.97 Å². The predicted molar refractivity (Wildman–Crippen MR) is 126 cm³/mol. The van der Waals surface area contributed by atoms with Gasteiger partial charge in [0, 0.05) is 13.3 Å². The Balaban J connectivity index is 0. The van der Waals surface area contributed by atoms with E-state index in [1.807, 2.05) is 6.92 Å². The van der Waals surface area contributed by atoms with E-state index in [0.717, 1.165) is 32.6 Å². The zero-order valence-corrected chi connectivity index (χ0v) is 19.7. The normalized spacial score (nSPS) is 11.2. The number of aliphatic carboxylic acids is 1. The molecule has 6 N–H and O–H groups in total. The number of carboxylic acids is 1. The third kappa shape index (κ3) is 28.4. The van der Waals surface area contributed by atoms with E-state index in [1.165, 1.54) is 70.6 Å². The smallest absolute Gasteiger partial charge is 0.300 e. The first-order valence-corrected chi connectivity index (χ1v) is 11.9. The van der Waals surface area contributed by atoms with Crippen molar-refractivity contribution in [2.75, 3.05) is 0 Å². The number of hydrogen-bond donors (Lipinski definition) is 5. The van der Waals surface area contributed by atoms with Gasteiger partial charge in [-0.25, -0.2) is 0 Å². The van der Waals surface area contributed by atoms with Crippen LogP contribution in [0.4, 0.5) is 0 Å². The van der Waals surface area contributed by atoms with Crippen LogP contribution in [0.1, 0.15) is 124 Å². The lowest BCUT2D eigenvalue weighted by molar-refractivity contribution is -0.134. The first-order chi connectivity index (χ1) is 14.3. The fraction of sp³-hybridized carbons (Fsp3) is 0.870. The Bertz CT molecular complexity index is 427. The maximum Gasteiger partial charge on any atom is 0.300 e. The van der Waals surface area contributed by atoms with Gasteiger partial charge in [-0.3, -0.25) is 15.0 Å². The lowest BCUT2D eigenvalue weighted by Gasteiger charge is -2.19. The molecule has 0 aliphatic rings. The number of nitrogens with two attached hydrogens (primary N) is 1. The van der Waals surface area contributed by atoms with Gasteiger partial charge in [0.1, 0.15) is 6.17 Å². The molecular formula is C23H48N4O3. The maximum atomic E-state index is 11.9. The lowest BCUT2D eigenvalue weighted by Crippen LogP contribution is -2.49. The van der Waals surface area contributed by atoms with Gasteiger partial charge < -0.3 is 21.5 Å². The summed E-state index contributed by atoms with van der Waals surface area (Å²) in [6.45, 7) is 5.40. The monoisotopic (exact) mass is 428 g/mol. The highest BCUT2D eigenvalue weighted by Crippen LogP contribution is 2.13. The molecule has 1 unspecified atom stereocenters. The number of amides is 1. The van der Waals surface area contributed by atoms with Crippen LogP contribution in [0.5, 0.6) is 0 Å². The van der Waals surface area contributed by atoms with Crippen LogP contribution in [-0.4, -0.2) is 29.1 Å². The minimum Gasteiger partial charge on any atom is -0.481 e. The molecule has 0 heterocycles. The van der Waals surface area contributed by atoms with Crippen LogP contribution in [0.15, 0.2) is 0 Å². The zero-order chi connectivity index (χ0) is 23.0. The van der Waals surface area contributed by atoms with E-state index >= 15 is 0 Å². The minimum atomic E-state index is -0.833. The molecule has 178 valence electrons. The van der Waals surface area contributed by atoms with E-state index in [0.29, 0.717) is 6.42 Å². The van der Waals surface area contributed by atoms with E-state index in [-0.39, 0.29) is 18.0 Å². The predicted octanol–water partition coefficient (Wildman–Crippen LogP) is 5.28. The summed E-state index contributed by atoms with van der Waals surface area (Å²) < 4.78 is 0. The Labute approximate surface area is 184 Å². The molecule has 0 radical (unpaired) electrons. The van der Waals surface area contributed by atoms with Gasteiger partial charge >= 0.3 is 0 Å². The summed E-state index contributed by atoms with van der Waals surface area (Å²) in [4.78, 5) is 20.9. The molecule has 0 aromatic carbocycles. The lowest BCUT2D eigenvalue weighted by atomic mass is 10.0. The molecule has 0 spiro atoms. The number of guanidine groups is 1. The van der Waals surface area contributed by atoms with Crippen molar-refractivity contribution in [1.29, 1.82) is 5.41 Å². The number of rotatable bonds is 18. The number of unbranched alkanes of at least 4 members (excludes halogenated alkanes) is 12. The SMILES string of the molecule is CC(=O)O.CCCCCCCCCCCCCCCC(=O)NC(CCC)NC(=N)N. The molecule has 30 heavy (non-hydrogen) atoms. The second kappa shape index (κ2) is 23.5. The van der Waals surface area contributed by atoms with Crippen LogP contribution in [0, 0.1) is 5.41 Å². The number of carbonyl (C=O) groups is 2. The van der Waals surface area contributed by atoms with Gasteiger partial charge in [-0.05, 0) is 12.8 Å². The van der Waals surface area contributed by atoms with Gasteiger partial charge in [-0.1, -0.05) is 97.3 Å². The van der Waals surface area contributed by atoms with E-state index in [9.17, 15) is 4.79 Å². The van der Waals surface area contributed by atoms with Crippen molar-refractivity contribution in [3.63, 3.8) is 0 Å². The number of hydrogen-bond acceptors (Lipinski definition) is 3. The van der Waals surface area contributed by atoms with Crippen LogP contribution < -0.4 is 16.4 Å². The van der Waals surface area contributed by atoms with Crippen LogP contribution in [0.25, 0.3) is 0 Å². The first kappa shape index (κ1) is 30.4. The molecule has 0 bridgehead atoms. The quantitative estimate of drug-likeness (QED) is 0.0877. The van der Waals surface area contributed by atoms with Crippen molar-refractivity contribution < 1.29 is 14.7 Å². The number of carbonyl (C=O) groups excluding carboxylic acids is 1. The third-order valence-corrected chi connectivity index (χ3v) is 4.75. The highest BCUT2D eigenvalue weighted by Gasteiger charge is 2.11. The maximum absolute atomic E-state index is 11.9. The van der Waals surface area contributed by atoms with Gasteiger partial charge in [0.25, 0.3) is 5.97 Å². The number of nitrogens with one attached hydrogen (secondary N) is 3. The molecule has 0 saturated carbocycles. The highest BCUT2D eigenvalue weighted by molar-refractivity contribution is 5.78. The Morgan fingerprint density at radius 3 is 1.57 bits per heavy atom. The Hall–Kier alpha value is -1.79. The van der Waals surface area contributed by atoms with Gasteiger partial charge in [0.15, 0.2) is 5.96 Å². The Morgan fingerprint density at radius 1 is 0.800 bits per heavy atom. The molecule has 0 rings (SSSR count). The van der Waals surface area contributed by atoms with Crippen molar-refractivity contribution in [2.45, 2.75) is 130 Å². The van der Waals surface area contributed by atoms with Crippen molar-refractivity contribution >= 4 is 17.8 Å². The third-order valence-electron chi connectivity index (χ3n) is 4.75. The second-order valence-electron chi connectivity index (χ2n) is 7.98. The molecule has 0 fully saturated rings. The van der Waals surface area contributed by atoms with Crippen molar-refractivity contribution in [3.8, 4) is 0 Å². The van der Waals surface area contributed by atoms with E-state index in [2.05, 4.69) is 17.6 Å². The Morgan fingerprint density at radius 2 is 1.20 bits per heavy atom. The summed E-state index contributed by atoms with van der Waals surface area (Å²) in [7, 11) is 0. The molecule has 1 amide bonds. The topological polar surface area (TPSA) is 128 Å². The summed E-state index contributed by atoms with van der Waals surface area (Å²) in [5, 5.41) is 20.4. The average molecular weight is 429 g/mol. The molecule has 0 aromatic rings. The summed E-state index contributed by atoms with van der Waals surface area (Å²) in [5.74, 6) is -0.870. The van der Waals surface area contributed by atoms with Crippen LogP contribution in [0.3, 0.4) is 0 Å². The fourth-order valence-corrected chi connectivity index (χ4v) is 3.23. The van der Waals surface area contributed by atoms with Crippen molar-refractivity contribution in [2.24, 2.45) is 5.73 Å². The van der Waals surface area contributed by atoms with Crippen LogP contribution >= 0.6 is 0 Å². The number of carboxylic acid groups (broad SMARTS) is 1. The molecule has 0 saturated heterocycles. The van der Waals surface area contributed by atoms with Crippen LogP contribution in [-0.2, 0) is 9.59 Å². The van der Waals surface area contributed by atoms with Gasteiger partial charge in [0.2, 0.25) is 5.91 Å².